The number of carboxylic acids is 1. The number of amidine groups is 1. The summed E-state index contributed by atoms with van der Waals surface area (Å²) in [4.78, 5) is 31.4. The first-order valence-corrected chi connectivity index (χ1v) is 12.1. The molecular weight excluding hydrogens is 461 g/mol. The Morgan fingerprint density at radius 2 is 2.14 bits per heavy atom. The second-order valence-corrected chi connectivity index (χ2v) is 8.33. The number of nitrogens with zero attached hydrogens (tertiary/aromatic N) is 4. The van der Waals surface area contributed by atoms with Crippen molar-refractivity contribution < 1.29 is 19.1 Å². The van der Waals surface area contributed by atoms with Gasteiger partial charge < -0.3 is 14.8 Å². The van der Waals surface area contributed by atoms with Gasteiger partial charge >= 0.3 is 5.97 Å². The number of aromatic nitrogens is 1. The molecule has 1 unspecified atom stereocenters. The molecule has 3 N–H and O–H groups in total. The van der Waals surface area contributed by atoms with Gasteiger partial charge in [-0.2, -0.15) is 5.90 Å². The van der Waals surface area contributed by atoms with E-state index in [2.05, 4.69) is 27.9 Å². The van der Waals surface area contributed by atoms with Crippen LogP contribution in [0, 0.1) is 0 Å². The van der Waals surface area contributed by atoms with Crippen molar-refractivity contribution in [2.45, 2.75) is 52.0 Å². The van der Waals surface area contributed by atoms with Crippen LogP contribution in [0.1, 0.15) is 51.5 Å². The van der Waals surface area contributed by atoms with E-state index >= 15 is 0 Å². The average molecular weight is 498 g/mol. The number of pyridine rings is 1. The van der Waals surface area contributed by atoms with E-state index in [1.54, 1.807) is 37.5 Å². The quantitative estimate of drug-likeness (QED) is 0.150. The first-order valence-electron chi connectivity index (χ1n) is 12.1. The molecule has 0 amide bonds. The molecule has 0 bridgehead atoms. The summed E-state index contributed by atoms with van der Waals surface area (Å²) in [5.74, 6) is 5.55. The zero-order valence-electron chi connectivity index (χ0n) is 21.0. The minimum absolute atomic E-state index is 0.111. The molecule has 0 aromatic carbocycles. The molecule has 0 spiro atoms. The second kappa shape index (κ2) is 16.1. The number of carboxylic acid groups (broad SMARTS) is 1. The van der Waals surface area contributed by atoms with Crippen LogP contribution in [0.4, 0.5) is 4.39 Å². The first-order chi connectivity index (χ1) is 17.4. The van der Waals surface area contributed by atoms with Gasteiger partial charge in [-0.15, -0.1) is 0 Å². The molecule has 9 heteroatoms. The maximum absolute atomic E-state index is 13.6. The Morgan fingerprint density at radius 3 is 2.83 bits per heavy atom. The third-order valence-electron chi connectivity index (χ3n) is 5.64. The van der Waals surface area contributed by atoms with Crippen LogP contribution in [0.5, 0.6) is 0 Å². The predicted octanol–water partition coefficient (Wildman–Crippen LogP) is 4.77. The summed E-state index contributed by atoms with van der Waals surface area (Å²) in [6.45, 7) is 5.08. The fourth-order valence-electron chi connectivity index (χ4n) is 3.64. The highest BCUT2D eigenvalue weighted by atomic mass is 19.1. The van der Waals surface area contributed by atoms with E-state index in [0.717, 1.165) is 23.4 Å². The summed E-state index contributed by atoms with van der Waals surface area (Å²) in [5.41, 5.74) is 1.72. The molecule has 0 radical (unpaired) electrons. The normalized spacial score (nSPS) is 20.0. The minimum atomic E-state index is -0.802. The molecule has 36 heavy (non-hydrogen) atoms. The van der Waals surface area contributed by atoms with Crippen molar-refractivity contribution in [3.8, 4) is 0 Å². The smallest absolute Gasteiger partial charge is 0.303 e. The maximum atomic E-state index is 13.6. The number of carbonyl (C=O) groups is 1. The van der Waals surface area contributed by atoms with E-state index in [1.807, 2.05) is 12.2 Å². The van der Waals surface area contributed by atoms with Gasteiger partial charge in [0.05, 0.1) is 18.9 Å². The van der Waals surface area contributed by atoms with Gasteiger partial charge in [0.15, 0.2) is 0 Å². The summed E-state index contributed by atoms with van der Waals surface area (Å²) in [7, 11) is 0. The molecule has 1 aliphatic rings. The largest absolute Gasteiger partial charge is 0.481 e. The van der Waals surface area contributed by atoms with Crippen LogP contribution in [-0.2, 0) is 9.63 Å². The summed E-state index contributed by atoms with van der Waals surface area (Å²) in [5, 5.41) is 8.96. The lowest BCUT2D eigenvalue weighted by atomic mass is 10.1. The molecule has 8 nitrogen and oxygen atoms in total. The van der Waals surface area contributed by atoms with Crippen molar-refractivity contribution in [2.75, 3.05) is 19.6 Å². The van der Waals surface area contributed by atoms with E-state index in [9.17, 15) is 9.18 Å². The van der Waals surface area contributed by atoms with Crippen molar-refractivity contribution in [2.24, 2.45) is 15.9 Å². The molecular formula is C27H36FN5O3. The van der Waals surface area contributed by atoms with E-state index in [1.165, 1.54) is 12.2 Å². The molecule has 0 aliphatic carbocycles. The monoisotopic (exact) mass is 497 g/mol. The number of allylic oxidation sites excluding steroid dienone is 3. The topological polar surface area (TPSA) is 113 Å². The fraction of sp³-hybridized carbons (Fsp3) is 0.407. The van der Waals surface area contributed by atoms with Crippen LogP contribution in [0.15, 0.2) is 82.4 Å². The molecule has 0 saturated carbocycles. The standard InChI is InChI=1S/C27H36FN5O3/c1-3-24(28)10-7-19-33-21(2)8-6-9-22(13-18-31-25(33)11-4-5-12-26(34)35)20-32-27(36-29)23-14-16-30-17-15-23/h3,6-7,9-10,13-17,21H,4-5,8,11-12,18-20,29H2,1-2H3,(H,34,35)/b9-6-,10-7-,22-13+,24-3+,31-25?,32-27?. The number of rotatable bonds is 11. The van der Waals surface area contributed by atoms with Gasteiger partial charge in [-0.1, -0.05) is 30.4 Å². The molecule has 0 saturated heterocycles. The minimum Gasteiger partial charge on any atom is -0.481 e. The molecule has 1 aromatic rings. The van der Waals surface area contributed by atoms with Crippen LogP contribution in [0.2, 0.25) is 0 Å². The van der Waals surface area contributed by atoms with Gasteiger partial charge in [0.2, 0.25) is 5.90 Å². The number of hydrogen-bond donors (Lipinski definition) is 2. The highest BCUT2D eigenvalue weighted by molar-refractivity contribution is 5.93. The van der Waals surface area contributed by atoms with E-state index in [-0.39, 0.29) is 18.3 Å². The highest BCUT2D eigenvalue weighted by Crippen LogP contribution is 2.15. The number of aliphatic carboxylic acids is 1. The van der Waals surface area contributed by atoms with Gasteiger partial charge in [0, 0.05) is 43.4 Å². The molecule has 0 fully saturated rings. The third-order valence-corrected chi connectivity index (χ3v) is 5.64. The summed E-state index contributed by atoms with van der Waals surface area (Å²) >= 11 is 0. The van der Waals surface area contributed by atoms with Crippen molar-refractivity contribution >= 4 is 17.7 Å². The zero-order chi connectivity index (χ0) is 26.2. The number of aliphatic imine (C=N–C) groups is 2. The van der Waals surface area contributed by atoms with Crippen LogP contribution >= 0.6 is 0 Å². The Bertz CT molecular complexity index is 1020. The molecule has 2 heterocycles. The number of halogens is 1. The SMILES string of the molecule is C/C=C(F)\C=C/CN1C(CCCCC(=O)O)=NC/C=C(CN=C(ON)c2ccncc2)\C=C/CC1C. The predicted molar refractivity (Wildman–Crippen MR) is 141 cm³/mol. The Balaban J connectivity index is 2.22. The van der Waals surface area contributed by atoms with E-state index < -0.39 is 5.97 Å². The van der Waals surface area contributed by atoms with E-state index in [4.69, 9.17) is 20.8 Å². The van der Waals surface area contributed by atoms with Crippen molar-refractivity contribution in [3.63, 3.8) is 0 Å². The number of nitrogens with two attached hydrogens (primary N) is 1. The Labute approximate surface area is 212 Å². The van der Waals surface area contributed by atoms with Crippen LogP contribution < -0.4 is 5.90 Å². The summed E-state index contributed by atoms with van der Waals surface area (Å²) in [6.07, 6.45) is 16.9. The van der Waals surface area contributed by atoms with Crippen molar-refractivity contribution in [1.29, 1.82) is 0 Å². The maximum Gasteiger partial charge on any atom is 0.303 e. The Morgan fingerprint density at radius 1 is 1.36 bits per heavy atom. The molecule has 2 rings (SSSR count). The number of unbranched alkanes of at least 4 members (excludes halogenated alkanes) is 1. The van der Waals surface area contributed by atoms with Crippen LogP contribution in [0.3, 0.4) is 0 Å². The van der Waals surface area contributed by atoms with Gasteiger partial charge in [0.25, 0.3) is 0 Å². The summed E-state index contributed by atoms with van der Waals surface area (Å²) < 4.78 is 13.6. The average Bonchev–Trinajstić information content (AvgIpc) is 2.88. The lowest BCUT2D eigenvalue weighted by molar-refractivity contribution is -0.137. The highest BCUT2D eigenvalue weighted by Gasteiger charge is 2.17. The van der Waals surface area contributed by atoms with Gasteiger partial charge in [-0.25, -0.2) is 9.38 Å². The van der Waals surface area contributed by atoms with Gasteiger partial charge in [-0.3, -0.25) is 14.8 Å². The number of hydrogen-bond acceptors (Lipinski definition) is 7. The second-order valence-electron chi connectivity index (χ2n) is 8.33. The molecule has 194 valence electrons. The molecule has 1 aliphatic heterocycles. The van der Waals surface area contributed by atoms with Gasteiger partial charge in [0.1, 0.15) is 5.83 Å². The summed E-state index contributed by atoms with van der Waals surface area (Å²) in [6, 6.07) is 3.66. The Hall–Kier alpha value is -3.59. The first kappa shape index (κ1) is 28.6. The lowest BCUT2D eigenvalue weighted by Crippen LogP contribution is -2.39. The van der Waals surface area contributed by atoms with Gasteiger partial charge in [-0.05, 0) is 56.9 Å². The van der Waals surface area contributed by atoms with Crippen LogP contribution in [-0.4, -0.2) is 58.4 Å². The van der Waals surface area contributed by atoms with Crippen molar-refractivity contribution in [1.82, 2.24) is 9.88 Å². The van der Waals surface area contributed by atoms with E-state index in [0.29, 0.717) is 44.8 Å². The Kier molecular flexibility index (Phi) is 12.9. The third kappa shape index (κ3) is 10.4. The fourth-order valence-corrected chi connectivity index (χ4v) is 3.64. The van der Waals surface area contributed by atoms with Crippen molar-refractivity contribution in [3.05, 3.63) is 77.9 Å². The lowest BCUT2D eigenvalue weighted by Gasteiger charge is -2.31. The zero-order valence-corrected chi connectivity index (χ0v) is 21.0. The van der Waals surface area contributed by atoms with Crippen LogP contribution in [0.25, 0.3) is 0 Å². The molecule has 1 atom stereocenters. The molecule has 1 aromatic heterocycles.